The van der Waals surface area contributed by atoms with Gasteiger partial charge >= 0.3 is 0 Å². The van der Waals surface area contributed by atoms with Crippen LogP contribution in [0.25, 0.3) is 0 Å². The third-order valence-corrected chi connectivity index (χ3v) is 3.02. The third kappa shape index (κ3) is 3.41. The Labute approximate surface area is 92.8 Å². The van der Waals surface area contributed by atoms with E-state index in [0.717, 1.165) is 18.4 Å². The van der Waals surface area contributed by atoms with Crippen molar-refractivity contribution >= 4 is 11.1 Å². The molecule has 0 fully saturated rings. The number of allylic oxidation sites excluding steroid dienone is 3. The number of hydrogen-bond acceptors (Lipinski definition) is 2. The number of ether oxygens (including phenoxy) is 1. The van der Waals surface area contributed by atoms with E-state index in [9.17, 15) is 4.21 Å². The lowest BCUT2D eigenvalue weighted by atomic mass is 10.0. The van der Waals surface area contributed by atoms with E-state index >= 15 is 0 Å². The second-order valence-electron chi connectivity index (χ2n) is 3.25. The van der Waals surface area contributed by atoms with Gasteiger partial charge in [-0.2, -0.15) is 0 Å². The average Bonchev–Trinajstić information content (AvgIpc) is 2.17. The van der Waals surface area contributed by atoms with Gasteiger partial charge in [-0.25, -0.2) is 4.21 Å². The van der Waals surface area contributed by atoms with Gasteiger partial charge in [0.15, 0.2) is 11.1 Å². The molecule has 0 amide bonds. The molecule has 0 radical (unpaired) electrons. The molecule has 0 saturated heterocycles. The van der Waals surface area contributed by atoms with Crippen LogP contribution in [-0.4, -0.2) is 22.0 Å². The second kappa shape index (κ2) is 6.00. The number of rotatable bonds is 3. The zero-order valence-corrected chi connectivity index (χ0v) is 9.79. The molecule has 4 heteroatoms. The Bertz CT molecular complexity index is 329. The third-order valence-electron chi connectivity index (χ3n) is 2.34. The summed E-state index contributed by atoms with van der Waals surface area (Å²) in [6.45, 7) is 2.05. The zero-order valence-electron chi connectivity index (χ0n) is 8.97. The largest absolute Gasteiger partial charge is 0.373 e. The summed E-state index contributed by atoms with van der Waals surface area (Å²) in [5.74, 6) is 0. The molecule has 0 bridgehead atoms. The second-order valence-corrected chi connectivity index (χ2v) is 4.21. The maximum Gasteiger partial charge on any atom is 0.186 e. The van der Waals surface area contributed by atoms with E-state index in [1.165, 1.54) is 0 Å². The van der Waals surface area contributed by atoms with Gasteiger partial charge in [-0.15, -0.1) is 0 Å². The van der Waals surface area contributed by atoms with Gasteiger partial charge in [-0.3, -0.25) is 0 Å². The summed E-state index contributed by atoms with van der Waals surface area (Å²) < 4.78 is 25.3. The summed E-state index contributed by atoms with van der Waals surface area (Å²) in [5, 5.41) is 0. The van der Waals surface area contributed by atoms with Gasteiger partial charge in [0.1, 0.15) is 0 Å². The van der Waals surface area contributed by atoms with Gasteiger partial charge in [-0.1, -0.05) is 19.1 Å². The van der Waals surface area contributed by atoms with E-state index in [-0.39, 0.29) is 6.10 Å². The molecule has 1 aliphatic carbocycles. The molecule has 84 valence electrons. The molecule has 0 heterocycles. The Morgan fingerprint density at radius 2 is 2.40 bits per heavy atom. The summed E-state index contributed by atoms with van der Waals surface area (Å²) in [7, 11) is 1.61. The first-order valence-corrected chi connectivity index (χ1v) is 6.00. The molecule has 0 saturated carbocycles. The van der Waals surface area contributed by atoms with E-state index in [1.54, 1.807) is 19.3 Å². The minimum Gasteiger partial charge on any atom is -0.373 e. The highest BCUT2D eigenvalue weighted by atomic mass is 32.2. The molecule has 15 heavy (non-hydrogen) atoms. The van der Waals surface area contributed by atoms with Crippen LogP contribution in [0.2, 0.25) is 0 Å². The Kier molecular flexibility index (Phi) is 4.94. The van der Waals surface area contributed by atoms with Crippen molar-refractivity contribution in [1.29, 1.82) is 0 Å². The van der Waals surface area contributed by atoms with Crippen LogP contribution in [0, 0.1) is 0 Å². The summed E-state index contributed by atoms with van der Waals surface area (Å²) in [4.78, 5) is 0.404. The van der Waals surface area contributed by atoms with Crippen molar-refractivity contribution in [3.63, 3.8) is 0 Å². The lowest BCUT2D eigenvalue weighted by Crippen LogP contribution is -2.13. The Balaban J connectivity index is 3.03. The van der Waals surface area contributed by atoms with Crippen LogP contribution in [-0.2, 0) is 15.8 Å². The molecule has 2 atom stereocenters. The highest BCUT2D eigenvalue weighted by Gasteiger charge is 2.13. The fraction of sp³-hybridized carbons (Fsp3) is 0.455. The average molecular weight is 228 g/mol. The van der Waals surface area contributed by atoms with E-state index in [4.69, 9.17) is 9.29 Å². The Hall–Kier alpha value is -0.710. The first kappa shape index (κ1) is 12.4. The monoisotopic (exact) mass is 228 g/mol. The van der Waals surface area contributed by atoms with Crippen LogP contribution in [0.15, 0.2) is 34.8 Å². The molecule has 1 aliphatic rings. The van der Waals surface area contributed by atoms with Crippen molar-refractivity contribution in [3.05, 3.63) is 34.8 Å². The van der Waals surface area contributed by atoms with Gasteiger partial charge in [0.2, 0.25) is 0 Å². The van der Waals surface area contributed by atoms with Crippen molar-refractivity contribution in [2.24, 2.45) is 0 Å². The molecule has 0 aromatic carbocycles. The summed E-state index contributed by atoms with van der Waals surface area (Å²) in [6.07, 6.45) is 8.81. The van der Waals surface area contributed by atoms with E-state index < -0.39 is 11.1 Å². The van der Waals surface area contributed by atoms with Crippen molar-refractivity contribution in [3.8, 4) is 0 Å². The van der Waals surface area contributed by atoms with Crippen molar-refractivity contribution in [2.75, 3.05) is 7.11 Å². The standard InChI is InChI=1S/C11H16O3S/c1-3-9-6-4-5-7-10(15(12)13)8-11(9)14-2/h5-8,11H,3-4H2,1-2H3,(H,12,13)/b7-5-,9-6-,10-8?. The topological polar surface area (TPSA) is 46.5 Å². The van der Waals surface area contributed by atoms with Crippen molar-refractivity contribution in [2.45, 2.75) is 25.9 Å². The first-order chi connectivity index (χ1) is 7.19. The van der Waals surface area contributed by atoms with Crippen LogP contribution in [0.1, 0.15) is 19.8 Å². The summed E-state index contributed by atoms with van der Waals surface area (Å²) in [5.41, 5.74) is 1.14. The molecular formula is C11H16O3S. The predicted molar refractivity (Wildman–Crippen MR) is 61.8 cm³/mol. The minimum absolute atomic E-state index is 0.189. The maximum atomic E-state index is 11.0. The van der Waals surface area contributed by atoms with Gasteiger partial charge in [-0.05, 0) is 30.6 Å². The Morgan fingerprint density at radius 3 is 2.93 bits per heavy atom. The molecule has 2 unspecified atom stereocenters. The van der Waals surface area contributed by atoms with Crippen LogP contribution in [0.3, 0.4) is 0 Å². The summed E-state index contributed by atoms with van der Waals surface area (Å²) >= 11 is -1.94. The van der Waals surface area contributed by atoms with E-state index in [2.05, 4.69) is 6.08 Å². The zero-order chi connectivity index (χ0) is 11.3. The Morgan fingerprint density at radius 1 is 1.67 bits per heavy atom. The molecule has 0 aromatic rings. The molecule has 0 aliphatic heterocycles. The highest BCUT2D eigenvalue weighted by molar-refractivity contribution is 7.83. The van der Waals surface area contributed by atoms with Gasteiger partial charge < -0.3 is 9.29 Å². The lowest BCUT2D eigenvalue weighted by molar-refractivity contribution is 0.165. The molecule has 0 aromatic heterocycles. The molecular weight excluding hydrogens is 212 g/mol. The van der Waals surface area contributed by atoms with Crippen LogP contribution in [0.5, 0.6) is 0 Å². The maximum absolute atomic E-state index is 11.0. The van der Waals surface area contributed by atoms with Gasteiger partial charge in [0.05, 0.1) is 11.0 Å². The number of methoxy groups -OCH3 is 1. The minimum atomic E-state index is -1.94. The quantitative estimate of drug-likeness (QED) is 0.596. The molecule has 0 spiro atoms. The SMILES string of the molecule is CC/C1=C/C/C=C\C(S(=O)O)=CC1OC. The fourth-order valence-electron chi connectivity index (χ4n) is 1.51. The van der Waals surface area contributed by atoms with Gasteiger partial charge in [0.25, 0.3) is 0 Å². The van der Waals surface area contributed by atoms with Crippen molar-refractivity contribution < 1.29 is 13.5 Å². The van der Waals surface area contributed by atoms with Gasteiger partial charge in [0, 0.05) is 7.11 Å². The smallest absolute Gasteiger partial charge is 0.186 e. The van der Waals surface area contributed by atoms with Crippen LogP contribution in [0.4, 0.5) is 0 Å². The number of hydrogen-bond donors (Lipinski definition) is 1. The van der Waals surface area contributed by atoms with Crippen LogP contribution < -0.4 is 0 Å². The normalized spacial score (nSPS) is 29.4. The summed E-state index contributed by atoms with van der Waals surface area (Å²) in [6, 6.07) is 0. The molecule has 1 rings (SSSR count). The van der Waals surface area contributed by atoms with E-state index in [0.29, 0.717) is 4.91 Å². The highest BCUT2D eigenvalue weighted by Crippen LogP contribution is 2.18. The van der Waals surface area contributed by atoms with Crippen LogP contribution >= 0.6 is 0 Å². The molecule has 3 nitrogen and oxygen atoms in total. The predicted octanol–water partition coefficient (Wildman–Crippen LogP) is 2.40. The van der Waals surface area contributed by atoms with E-state index in [1.807, 2.05) is 13.0 Å². The molecule has 1 N–H and O–H groups in total. The first-order valence-electron chi connectivity index (χ1n) is 4.90. The lowest BCUT2D eigenvalue weighted by Gasteiger charge is -2.16. The van der Waals surface area contributed by atoms with Crippen molar-refractivity contribution in [1.82, 2.24) is 0 Å². The fourth-order valence-corrected chi connectivity index (χ4v) is 1.97.